The second kappa shape index (κ2) is 5.41. The third-order valence-corrected chi connectivity index (χ3v) is 3.83. The van der Waals surface area contributed by atoms with Gasteiger partial charge in [-0.05, 0) is 11.6 Å². The zero-order valence-corrected chi connectivity index (χ0v) is 11.3. The third-order valence-electron chi connectivity index (χ3n) is 2.39. The minimum absolute atomic E-state index is 0.0180. The molecule has 94 valence electrons. The van der Waals surface area contributed by atoms with Crippen molar-refractivity contribution in [2.24, 2.45) is 12.8 Å². The van der Waals surface area contributed by atoms with Crippen molar-refractivity contribution in [3.63, 3.8) is 0 Å². The van der Waals surface area contributed by atoms with Gasteiger partial charge in [0.25, 0.3) is 0 Å². The number of aromatic nitrogens is 3. The van der Waals surface area contributed by atoms with Gasteiger partial charge in [-0.15, -0.1) is 10.2 Å². The van der Waals surface area contributed by atoms with Gasteiger partial charge in [-0.25, -0.2) is 0 Å². The molecule has 0 spiro atoms. The summed E-state index contributed by atoms with van der Waals surface area (Å²) >= 11 is 7.70. The zero-order chi connectivity index (χ0) is 13.1. The molecule has 3 N–H and O–H groups in total. The van der Waals surface area contributed by atoms with Gasteiger partial charge in [-0.3, -0.25) is 5.41 Å². The number of thioether (sulfide) groups is 1. The van der Waals surface area contributed by atoms with Crippen LogP contribution in [0.5, 0.6) is 0 Å². The van der Waals surface area contributed by atoms with E-state index >= 15 is 0 Å². The van der Waals surface area contributed by atoms with Crippen LogP contribution in [0.2, 0.25) is 5.02 Å². The maximum atomic E-state index is 7.34. The largest absolute Gasteiger partial charge is 0.384 e. The molecule has 1 aromatic heterocycles. The number of halogens is 1. The summed E-state index contributed by atoms with van der Waals surface area (Å²) in [4.78, 5) is 0. The van der Waals surface area contributed by atoms with Crippen molar-refractivity contribution in [3.05, 3.63) is 40.7 Å². The predicted octanol–water partition coefficient (Wildman–Crippen LogP) is 2.04. The van der Waals surface area contributed by atoms with E-state index in [0.717, 1.165) is 10.7 Å². The molecular formula is C11H12ClN5S. The second-order valence-electron chi connectivity index (χ2n) is 3.73. The summed E-state index contributed by atoms with van der Waals surface area (Å²) in [5.74, 6) is 0.716. The molecule has 0 unspecified atom stereocenters. The van der Waals surface area contributed by atoms with Crippen LogP contribution >= 0.6 is 23.4 Å². The average molecular weight is 282 g/mol. The van der Waals surface area contributed by atoms with Crippen LogP contribution in [0, 0.1) is 5.41 Å². The number of nitrogen functional groups attached to an aromatic ring is 1. The van der Waals surface area contributed by atoms with Gasteiger partial charge in [0.05, 0.1) is 0 Å². The summed E-state index contributed by atoms with van der Waals surface area (Å²) in [6.45, 7) is 0. The van der Waals surface area contributed by atoms with E-state index in [4.69, 9.17) is 22.7 Å². The van der Waals surface area contributed by atoms with Crippen molar-refractivity contribution in [3.8, 4) is 0 Å². The van der Waals surface area contributed by atoms with Gasteiger partial charge in [-0.1, -0.05) is 35.5 Å². The van der Waals surface area contributed by atoms with Crippen molar-refractivity contribution in [1.82, 2.24) is 14.8 Å². The number of hydrogen-bond acceptors (Lipinski definition) is 4. The van der Waals surface area contributed by atoms with Crippen molar-refractivity contribution in [2.75, 3.05) is 0 Å². The van der Waals surface area contributed by atoms with Crippen LogP contribution in [-0.4, -0.2) is 20.6 Å². The van der Waals surface area contributed by atoms with Gasteiger partial charge < -0.3 is 10.3 Å². The highest BCUT2D eigenvalue weighted by Crippen LogP contribution is 2.25. The van der Waals surface area contributed by atoms with E-state index in [1.165, 1.54) is 0 Å². The van der Waals surface area contributed by atoms with Crippen LogP contribution in [0.25, 0.3) is 0 Å². The van der Waals surface area contributed by atoms with Crippen molar-refractivity contribution >= 4 is 29.2 Å². The van der Waals surface area contributed by atoms with Crippen molar-refractivity contribution in [1.29, 1.82) is 5.41 Å². The molecule has 0 radical (unpaired) electrons. The molecule has 0 atom stereocenters. The second-order valence-corrected chi connectivity index (χ2v) is 5.08. The van der Waals surface area contributed by atoms with E-state index in [2.05, 4.69) is 10.2 Å². The Hall–Kier alpha value is -1.53. The molecule has 7 heteroatoms. The molecule has 2 aromatic rings. The van der Waals surface area contributed by atoms with E-state index < -0.39 is 0 Å². The number of amidine groups is 1. The Kier molecular flexibility index (Phi) is 3.88. The Morgan fingerprint density at radius 2 is 2.33 bits per heavy atom. The number of nitrogens with one attached hydrogen (secondary N) is 1. The summed E-state index contributed by atoms with van der Waals surface area (Å²) in [6, 6.07) is 5.37. The van der Waals surface area contributed by atoms with Crippen LogP contribution in [0.3, 0.4) is 0 Å². The summed E-state index contributed by atoms with van der Waals surface area (Å²) in [6.07, 6.45) is 1.66. The van der Waals surface area contributed by atoms with Crippen molar-refractivity contribution in [2.45, 2.75) is 10.9 Å². The van der Waals surface area contributed by atoms with Gasteiger partial charge in [0, 0.05) is 23.4 Å². The lowest BCUT2D eigenvalue weighted by atomic mass is 10.1. The van der Waals surface area contributed by atoms with E-state index in [9.17, 15) is 0 Å². The van der Waals surface area contributed by atoms with E-state index in [0.29, 0.717) is 16.3 Å². The quantitative estimate of drug-likeness (QED) is 0.510. The van der Waals surface area contributed by atoms with E-state index in [1.54, 1.807) is 30.2 Å². The molecule has 5 nitrogen and oxygen atoms in total. The molecule has 2 rings (SSSR count). The standard InChI is InChI=1S/C11H12ClN5S/c1-17-6-15-16-11(17)18-5-8-3-2-7(10(13)14)4-9(8)12/h2-4,6H,5H2,1H3,(H3,13,14). The molecular weight excluding hydrogens is 270 g/mol. The van der Waals surface area contributed by atoms with Crippen LogP contribution in [-0.2, 0) is 12.8 Å². The number of nitrogens with two attached hydrogens (primary N) is 1. The summed E-state index contributed by atoms with van der Waals surface area (Å²) in [7, 11) is 1.89. The molecule has 0 bridgehead atoms. The Morgan fingerprint density at radius 1 is 1.56 bits per heavy atom. The van der Waals surface area contributed by atoms with Crippen LogP contribution < -0.4 is 5.73 Å². The maximum absolute atomic E-state index is 7.34. The predicted molar refractivity (Wildman–Crippen MR) is 73.0 cm³/mol. The molecule has 0 saturated heterocycles. The monoisotopic (exact) mass is 281 g/mol. The Labute approximate surface area is 114 Å². The Bertz CT molecular complexity index is 581. The van der Waals surface area contributed by atoms with Gasteiger partial charge in [0.1, 0.15) is 12.2 Å². The lowest BCUT2D eigenvalue weighted by molar-refractivity contribution is 0.788. The van der Waals surface area contributed by atoms with E-state index in [-0.39, 0.29) is 5.84 Å². The van der Waals surface area contributed by atoms with Gasteiger partial charge in [0.2, 0.25) is 0 Å². The first-order chi connectivity index (χ1) is 8.58. The lowest BCUT2D eigenvalue weighted by Gasteiger charge is -2.06. The number of benzene rings is 1. The van der Waals surface area contributed by atoms with Crippen LogP contribution in [0.1, 0.15) is 11.1 Å². The smallest absolute Gasteiger partial charge is 0.191 e. The molecule has 0 fully saturated rings. The van der Waals surface area contributed by atoms with Gasteiger partial charge in [0.15, 0.2) is 5.16 Å². The fourth-order valence-corrected chi connectivity index (χ4v) is 2.60. The topological polar surface area (TPSA) is 80.6 Å². The van der Waals surface area contributed by atoms with Gasteiger partial charge in [-0.2, -0.15) is 0 Å². The van der Waals surface area contributed by atoms with Crippen molar-refractivity contribution < 1.29 is 0 Å². The maximum Gasteiger partial charge on any atom is 0.191 e. The third kappa shape index (κ3) is 2.83. The highest BCUT2D eigenvalue weighted by Gasteiger charge is 2.07. The molecule has 0 aliphatic rings. The highest BCUT2D eigenvalue weighted by atomic mass is 35.5. The summed E-state index contributed by atoms with van der Waals surface area (Å²) < 4.78 is 1.85. The molecule has 0 aliphatic heterocycles. The highest BCUT2D eigenvalue weighted by molar-refractivity contribution is 7.98. The lowest BCUT2D eigenvalue weighted by Crippen LogP contribution is -2.10. The molecule has 18 heavy (non-hydrogen) atoms. The number of nitrogens with zero attached hydrogens (tertiary/aromatic N) is 3. The molecule has 0 amide bonds. The Morgan fingerprint density at radius 3 is 2.89 bits per heavy atom. The minimum atomic E-state index is 0.0180. The summed E-state index contributed by atoms with van der Waals surface area (Å²) in [5.41, 5.74) is 7.01. The van der Waals surface area contributed by atoms with Crippen LogP contribution in [0.4, 0.5) is 0 Å². The average Bonchev–Trinajstić information content (AvgIpc) is 2.73. The first-order valence-electron chi connectivity index (χ1n) is 5.17. The molecule has 1 heterocycles. The summed E-state index contributed by atoms with van der Waals surface area (Å²) in [5, 5.41) is 16.6. The van der Waals surface area contributed by atoms with Gasteiger partial charge >= 0.3 is 0 Å². The number of aryl methyl sites for hydroxylation is 1. The molecule has 0 aliphatic carbocycles. The zero-order valence-electron chi connectivity index (χ0n) is 9.72. The molecule has 0 saturated carbocycles. The fourth-order valence-electron chi connectivity index (χ4n) is 1.38. The SMILES string of the molecule is Cn1cnnc1SCc1ccc(C(=N)N)cc1Cl. The molecule has 1 aromatic carbocycles. The first-order valence-corrected chi connectivity index (χ1v) is 6.54. The normalized spacial score (nSPS) is 10.6. The number of rotatable bonds is 4. The van der Waals surface area contributed by atoms with E-state index in [1.807, 2.05) is 17.7 Å². The van der Waals surface area contributed by atoms with Crippen LogP contribution in [0.15, 0.2) is 29.7 Å². The fraction of sp³-hybridized carbons (Fsp3) is 0.182. The first kappa shape index (κ1) is 12.9. The number of hydrogen-bond donors (Lipinski definition) is 2. The Balaban J connectivity index is 2.11. The minimum Gasteiger partial charge on any atom is -0.384 e.